The average molecular weight is 425 g/mol. The lowest BCUT2D eigenvalue weighted by molar-refractivity contribution is 0.122. The largest absolute Gasteiger partial charge is 0.378 e. The zero-order valence-corrected chi connectivity index (χ0v) is 18.4. The molecular formula is C20H29FN4O3S. The molecule has 1 aliphatic rings. The summed E-state index contributed by atoms with van der Waals surface area (Å²) < 4.78 is 50.0. The van der Waals surface area contributed by atoms with Gasteiger partial charge in [0.15, 0.2) is 0 Å². The highest BCUT2D eigenvalue weighted by Crippen LogP contribution is 2.26. The number of morpholine rings is 1. The lowest BCUT2D eigenvalue weighted by Crippen LogP contribution is -2.36. The van der Waals surface area contributed by atoms with E-state index < -0.39 is 10.0 Å². The van der Waals surface area contributed by atoms with Crippen LogP contribution in [0.3, 0.4) is 0 Å². The fourth-order valence-electron chi connectivity index (χ4n) is 3.64. The number of nitrogens with one attached hydrogen (secondary N) is 1. The standard InChI is InChI=1S/C20H29FN4O3S/c1-14-19(15(2)25(23-14)20(3,4)5)29(26,27)22-13-16-6-7-18(17(21)12-16)24-8-10-28-11-9-24/h6-7,12,22H,8-11,13H2,1-5H3. The molecule has 1 fully saturated rings. The number of nitrogens with zero attached hydrogens (tertiary/aromatic N) is 3. The van der Waals surface area contributed by atoms with Crippen LogP contribution in [0.1, 0.15) is 37.7 Å². The van der Waals surface area contributed by atoms with Crippen LogP contribution in [-0.4, -0.2) is 44.5 Å². The molecule has 9 heteroatoms. The maximum Gasteiger partial charge on any atom is 0.244 e. The highest BCUT2D eigenvalue weighted by Gasteiger charge is 2.28. The summed E-state index contributed by atoms with van der Waals surface area (Å²) in [6.45, 7) is 11.8. The van der Waals surface area contributed by atoms with Crippen LogP contribution in [0.2, 0.25) is 0 Å². The van der Waals surface area contributed by atoms with Crippen LogP contribution in [0.5, 0.6) is 0 Å². The van der Waals surface area contributed by atoms with Crippen molar-refractivity contribution in [3.63, 3.8) is 0 Å². The smallest absolute Gasteiger partial charge is 0.244 e. The lowest BCUT2D eigenvalue weighted by Gasteiger charge is -2.29. The molecule has 0 radical (unpaired) electrons. The number of halogens is 1. The van der Waals surface area contributed by atoms with E-state index in [1.54, 1.807) is 30.7 Å². The molecule has 1 aromatic heterocycles. The minimum Gasteiger partial charge on any atom is -0.378 e. The van der Waals surface area contributed by atoms with E-state index >= 15 is 0 Å². The molecule has 0 atom stereocenters. The first-order chi connectivity index (χ1) is 13.5. The van der Waals surface area contributed by atoms with Crippen molar-refractivity contribution in [3.8, 4) is 0 Å². The molecule has 0 unspecified atom stereocenters. The summed E-state index contributed by atoms with van der Waals surface area (Å²) in [6, 6.07) is 4.82. The van der Waals surface area contributed by atoms with Gasteiger partial charge < -0.3 is 9.64 Å². The maximum absolute atomic E-state index is 14.6. The van der Waals surface area contributed by atoms with Crippen LogP contribution in [0.15, 0.2) is 23.1 Å². The number of aryl methyl sites for hydroxylation is 1. The first-order valence-electron chi connectivity index (χ1n) is 9.68. The zero-order valence-electron chi connectivity index (χ0n) is 17.6. The Morgan fingerprint density at radius 3 is 2.41 bits per heavy atom. The summed E-state index contributed by atoms with van der Waals surface area (Å²) in [7, 11) is -3.79. The van der Waals surface area contributed by atoms with E-state index in [1.165, 1.54) is 6.07 Å². The van der Waals surface area contributed by atoms with Gasteiger partial charge in [-0.1, -0.05) is 6.07 Å². The number of ether oxygens (including phenoxy) is 1. The number of hydrogen-bond donors (Lipinski definition) is 1. The number of aromatic nitrogens is 2. The van der Waals surface area contributed by atoms with Crippen LogP contribution >= 0.6 is 0 Å². The van der Waals surface area contributed by atoms with E-state index in [1.807, 2.05) is 25.7 Å². The van der Waals surface area contributed by atoms with Crippen molar-refractivity contribution < 1.29 is 17.5 Å². The fourth-order valence-corrected chi connectivity index (χ4v) is 5.05. The van der Waals surface area contributed by atoms with Gasteiger partial charge in [-0.15, -0.1) is 0 Å². The van der Waals surface area contributed by atoms with Crippen molar-refractivity contribution in [3.05, 3.63) is 41.0 Å². The Morgan fingerprint density at radius 1 is 1.21 bits per heavy atom. The number of anilines is 1. The third-order valence-electron chi connectivity index (χ3n) is 4.96. The van der Waals surface area contributed by atoms with Crippen molar-refractivity contribution in [2.45, 2.75) is 51.6 Å². The van der Waals surface area contributed by atoms with E-state index in [0.717, 1.165) is 0 Å². The molecule has 2 aromatic rings. The molecule has 160 valence electrons. The third-order valence-corrected chi connectivity index (χ3v) is 6.61. The quantitative estimate of drug-likeness (QED) is 0.799. The van der Waals surface area contributed by atoms with Gasteiger partial charge in [-0.25, -0.2) is 17.5 Å². The van der Waals surface area contributed by atoms with Crippen LogP contribution in [0, 0.1) is 19.7 Å². The molecule has 1 N–H and O–H groups in total. The molecule has 1 saturated heterocycles. The van der Waals surface area contributed by atoms with Gasteiger partial charge in [0.05, 0.1) is 35.8 Å². The Morgan fingerprint density at radius 2 is 1.86 bits per heavy atom. The Kier molecular flexibility index (Phi) is 6.03. The molecule has 29 heavy (non-hydrogen) atoms. The summed E-state index contributed by atoms with van der Waals surface area (Å²) in [5.74, 6) is -0.364. The van der Waals surface area contributed by atoms with E-state index in [2.05, 4.69) is 9.82 Å². The SMILES string of the molecule is Cc1nn(C(C)(C)C)c(C)c1S(=O)(=O)NCc1ccc(N2CCOCC2)c(F)c1. The second kappa shape index (κ2) is 8.04. The third kappa shape index (κ3) is 4.62. The molecule has 0 aliphatic carbocycles. The van der Waals surface area contributed by atoms with E-state index in [4.69, 9.17) is 4.74 Å². The monoisotopic (exact) mass is 424 g/mol. The normalized spacial score (nSPS) is 15.7. The summed E-state index contributed by atoms with van der Waals surface area (Å²) in [6.07, 6.45) is 0. The van der Waals surface area contributed by atoms with Crippen molar-refractivity contribution >= 4 is 15.7 Å². The number of hydrogen-bond acceptors (Lipinski definition) is 5. The van der Waals surface area contributed by atoms with Crippen LogP contribution in [0.25, 0.3) is 0 Å². The molecule has 0 spiro atoms. The molecule has 0 bridgehead atoms. The highest BCUT2D eigenvalue weighted by molar-refractivity contribution is 7.89. The van der Waals surface area contributed by atoms with Crippen LogP contribution in [0.4, 0.5) is 10.1 Å². The second-order valence-electron chi connectivity index (χ2n) is 8.29. The van der Waals surface area contributed by atoms with Crippen molar-refractivity contribution in [2.75, 3.05) is 31.2 Å². The average Bonchev–Trinajstić information content (AvgIpc) is 2.96. The van der Waals surface area contributed by atoms with E-state index in [9.17, 15) is 12.8 Å². The molecule has 1 aromatic carbocycles. The van der Waals surface area contributed by atoms with Gasteiger partial charge in [0.2, 0.25) is 10.0 Å². The second-order valence-corrected chi connectivity index (χ2v) is 10.00. The maximum atomic E-state index is 14.6. The Bertz CT molecular complexity index is 990. The van der Waals surface area contributed by atoms with Crippen LogP contribution in [-0.2, 0) is 26.8 Å². The van der Waals surface area contributed by atoms with Crippen molar-refractivity contribution in [2.24, 2.45) is 0 Å². The molecular weight excluding hydrogens is 395 g/mol. The van der Waals surface area contributed by atoms with Gasteiger partial charge in [0.25, 0.3) is 0 Å². The van der Waals surface area contributed by atoms with Gasteiger partial charge in [-0.2, -0.15) is 5.10 Å². The molecule has 2 heterocycles. The Balaban J connectivity index is 1.77. The predicted molar refractivity (Wildman–Crippen MR) is 110 cm³/mol. The van der Waals surface area contributed by atoms with Gasteiger partial charge in [0, 0.05) is 19.6 Å². The molecule has 3 rings (SSSR count). The highest BCUT2D eigenvalue weighted by atomic mass is 32.2. The minimum atomic E-state index is -3.79. The fraction of sp³-hybridized carbons (Fsp3) is 0.550. The van der Waals surface area contributed by atoms with Gasteiger partial charge in [0.1, 0.15) is 10.7 Å². The number of rotatable bonds is 5. The van der Waals surface area contributed by atoms with Crippen molar-refractivity contribution in [1.82, 2.24) is 14.5 Å². The van der Waals surface area contributed by atoms with Gasteiger partial charge in [-0.05, 0) is 52.3 Å². The topological polar surface area (TPSA) is 76.5 Å². The summed E-state index contributed by atoms with van der Waals surface area (Å²) in [4.78, 5) is 2.11. The Labute approximate surface area is 171 Å². The molecule has 7 nitrogen and oxygen atoms in total. The van der Waals surface area contributed by atoms with Crippen LogP contribution < -0.4 is 9.62 Å². The number of sulfonamides is 1. The zero-order chi connectivity index (χ0) is 21.4. The molecule has 1 aliphatic heterocycles. The predicted octanol–water partition coefficient (Wildman–Crippen LogP) is 2.71. The molecule has 0 saturated carbocycles. The summed E-state index contributed by atoms with van der Waals surface area (Å²) in [5.41, 5.74) is 1.76. The first-order valence-corrected chi connectivity index (χ1v) is 11.2. The van der Waals surface area contributed by atoms with Gasteiger partial charge in [-0.3, -0.25) is 4.68 Å². The van der Waals surface area contributed by atoms with Crippen molar-refractivity contribution in [1.29, 1.82) is 0 Å². The Hall–Kier alpha value is -1.97. The minimum absolute atomic E-state index is 0.00220. The van der Waals surface area contributed by atoms with E-state index in [-0.39, 0.29) is 22.8 Å². The first kappa shape index (κ1) is 21.7. The van der Waals surface area contributed by atoms with E-state index in [0.29, 0.717) is 48.9 Å². The summed E-state index contributed by atoms with van der Waals surface area (Å²) in [5, 5.41) is 4.40. The number of benzene rings is 1. The lowest BCUT2D eigenvalue weighted by atomic mass is 10.1. The summed E-state index contributed by atoms with van der Waals surface area (Å²) >= 11 is 0. The molecule has 0 amide bonds. The van der Waals surface area contributed by atoms with Gasteiger partial charge >= 0.3 is 0 Å².